The summed E-state index contributed by atoms with van der Waals surface area (Å²) in [7, 11) is -4.07. The lowest BCUT2D eigenvalue weighted by molar-refractivity contribution is -0.136. The summed E-state index contributed by atoms with van der Waals surface area (Å²) in [6.07, 6.45) is 5.76. The van der Waals surface area contributed by atoms with Gasteiger partial charge in [0.1, 0.15) is 4.90 Å². The van der Waals surface area contributed by atoms with Crippen LogP contribution in [0.5, 0.6) is 0 Å². The number of aliphatic carboxylic acids is 1. The third-order valence-electron chi connectivity index (χ3n) is 8.65. The smallest absolute Gasteiger partial charge is 0.326 e. The van der Waals surface area contributed by atoms with Crippen molar-refractivity contribution in [1.82, 2.24) is 5.32 Å². The zero-order chi connectivity index (χ0) is 35.0. The zero-order valence-electron chi connectivity index (χ0n) is 27.7. The van der Waals surface area contributed by atoms with E-state index in [1.165, 1.54) is 35.8 Å². The highest BCUT2D eigenvalue weighted by molar-refractivity contribution is 7.92. The minimum Gasteiger partial charge on any atom is -0.481 e. The molecule has 0 bridgehead atoms. The molecule has 0 aliphatic heterocycles. The molecule has 0 spiro atoms. The number of nitrogens with zero attached hydrogens (tertiary/aromatic N) is 1. The average Bonchev–Trinajstić information content (AvgIpc) is 3.08. The highest BCUT2D eigenvalue weighted by Gasteiger charge is 2.24. The molecule has 4 aromatic rings. The maximum absolute atomic E-state index is 14.1. The van der Waals surface area contributed by atoms with Gasteiger partial charge in [-0.1, -0.05) is 61.7 Å². The topological polar surface area (TPSA) is 145 Å². The first-order chi connectivity index (χ1) is 23.5. The molecule has 0 radical (unpaired) electrons. The van der Waals surface area contributed by atoms with Gasteiger partial charge in [-0.25, -0.2) is 13.2 Å². The summed E-state index contributed by atoms with van der Waals surface area (Å²) in [5.74, 6) is -0.910. The molecular weight excluding hydrogens is 641 g/mol. The van der Waals surface area contributed by atoms with Crippen molar-refractivity contribution in [1.29, 1.82) is 0 Å². The van der Waals surface area contributed by atoms with Gasteiger partial charge in [0.15, 0.2) is 0 Å². The average molecular weight is 683 g/mol. The van der Waals surface area contributed by atoms with Crippen LogP contribution in [0.1, 0.15) is 77.1 Å². The Morgan fingerprint density at radius 2 is 1.53 bits per heavy atom. The second-order valence-electron chi connectivity index (χ2n) is 12.5. The number of sulfonamides is 1. The number of rotatable bonds is 12. The summed E-state index contributed by atoms with van der Waals surface area (Å²) >= 11 is 0. The molecular formula is C38H42N4O6S. The van der Waals surface area contributed by atoms with Crippen LogP contribution < -0.4 is 20.3 Å². The van der Waals surface area contributed by atoms with E-state index in [1.54, 1.807) is 61.5 Å². The molecule has 256 valence electrons. The van der Waals surface area contributed by atoms with Crippen molar-refractivity contribution in [3.63, 3.8) is 0 Å². The second kappa shape index (κ2) is 15.8. The molecule has 1 aliphatic carbocycles. The van der Waals surface area contributed by atoms with Crippen LogP contribution in [0.3, 0.4) is 0 Å². The molecule has 0 aromatic heterocycles. The summed E-state index contributed by atoms with van der Waals surface area (Å²) in [5.41, 5.74) is 5.10. The summed E-state index contributed by atoms with van der Waals surface area (Å²) in [6.45, 7) is 3.80. The SMILES string of the molecule is Cc1cccc(NS(=O)(=O)c2cc(C)ccc2NC(=O)N(Cc2ccc(C(=O)NCCC(=O)O)cc2)c2ccc(C3CCCCC3)cc2)c1. The molecule has 11 heteroatoms. The third kappa shape index (κ3) is 9.48. The normalized spacial score (nSPS) is 13.3. The Morgan fingerprint density at radius 3 is 2.20 bits per heavy atom. The number of aryl methyl sites for hydroxylation is 2. The van der Waals surface area contributed by atoms with Crippen LogP contribution in [-0.4, -0.2) is 38.0 Å². The molecule has 0 atom stereocenters. The number of benzene rings is 4. The van der Waals surface area contributed by atoms with Crippen molar-refractivity contribution in [3.05, 3.63) is 119 Å². The highest BCUT2D eigenvalue weighted by atomic mass is 32.2. The van der Waals surface area contributed by atoms with E-state index in [9.17, 15) is 22.8 Å². The van der Waals surface area contributed by atoms with Gasteiger partial charge in [0.25, 0.3) is 15.9 Å². The number of hydrogen-bond acceptors (Lipinski definition) is 5. The van der Waals surface area contributed by atoms with Crippen LogP contribution in [0.15, 0.2) is 95.9 Å². The largest absolute Gasteiger partial charge is 0.481 e. The van der Waals surface area contributed by atoms with Crippen LogP contribution in [0.2, 0.25) is 0 Å². The molecule has 1 aliphatic rings. The lowest BCUT2D eigenvalue weighted by atomic mass is 9.84. The van der Waals surface area contributed by atoms with E-state index in [2.05, 4.69) is 27.5 Å². The molecule has 49 heavy (non-hydrogen) atoms. The van der Waals surface area contributed by atoms with E-state index in [0.29, 0.717) is 28.4 Å². The number of carboxylic acids is 1. The van der Waals surface area contributed by atoms with E-state index >= 15 is 0 Å². The lowest BCUT2D eigenvalue weighted by Crippen LogP contribution is -2.35. The van der Waals surface area contributed by atoms with Crippen molar-refractivity contribution in [2.24, 2.45) is 0 Å². The van der Waals surface area contributed by atoms with Crippen LogP contribution in [-0.2, 0) is 21.4 Å². The number of hydrogen-bond donors (Lipinski definition) is 4. The fourth-order valence-corrected chi connectivity index (χ4v) is 7.33. The van der Waals surface area contributed by atoms with Crippen LogP contribution in [0.25, 0.3) is 0 Å². The van der Waals surface area contributed by atoms with Crippen LogP contribution in [0.4, 0.5) is 21.9 Å². The van der Waals surface area contributed by atoms with E-state index in [4.69, 9.17) is 5.11 Å². The van der Waals surface area contributed by atoms with Gasteiger partial charge in [-0.3, -0.25) is 19.2 Å². The van der Waals surface area contributed by atoms with Crippen LogP contribution >= 0.6 is 0 Å². The summed E-state index contributed by atoms with van der Waals surface area (Å²) in [5, 5.41) is 14.3. The maximum atomic E-state index is 14.1. The minimum atomic E-state index is -4.07. The first-order valence-electron chi connectivity index (χ1n) is 16.5. The standard InChI is InChI=1S/C38H42N4O6S/c1-26-7-6-10-32(23-26)41-49(47,48)35-24-27(2)11-20-34(35)40-38(46)42(33-18-16-30(17-19-33)29-8-4-3-5-9-29)25-28-12-14-31(15-13-28)37(45)39-22-21-36(43)44/h6-7,10-20,23-24,29,41H,3-5,8-9,21-22,25H2,1-2H3,(H,39,45)(H,40,46)(H,43,44). The molecule has 5 rings (SSSR count). The Kier molecular flexibility index (Phi) is 11.4. The Balaban J connectivity index is 1.41. The fraction of sp³-hybridized carbons (Fsp3) is 0.289. The predicted molar refractivity (Wildman–Crippen MR) is 192 cm³/mol. The first kappa shape index (κ1) is 35.2. The number of carbonyl (C=O) groups excluding carboxylic acids is 2. The van der Waals surface area contributed by atoms with E-state index < -0.39 is 27.9 Å². The molecule has 4 N–H and O–H groups in total. The molecule has 4 aromatic carbocycles. The second-order valence-corrected chi connectivity index (χ2v) is 14.2. The highest BCUT2D eigenvalue weighted by Crippen LogP contribution is 2.34. The Hall–Kier alpha value is -5.16. The molecule has 0 saturated heterocycles. The van der Waals surface area contributed by atoms with Crippen molar-refractivity contribution in [2.75, 3.05) is 21.5 Å². The molecule has 0 heterocycles. The Labute approximate surface area is 287 Å². The van der Waals surface area contributed by atoms with Gasteiger partial charge in [-0.15, -0.1) is 0 Å². The summed E-state index contributed by atoms with van der Waals surface area (Å²) < 4.78 is 29.9. The Bertz CT molecular complexity index is 1900. The molecule has 10 nitrogen and oxygen atoms in total. The zero-order valence-corrected chi connectivity index (χ0v) is 28.6. The van der Waals surface area contributed by atoms with Crippen molar-refractivity contribution < 1.29 is 27.9 Å². The third-order valence-corrected chi connectivity index (χ3v) is 10.1. The van der Waals surface area contributed by atoms with Crippen LogP contribution in [0, 0.1) is 13.8 Å². The van der Waals surface area contributed by atoms with Gasteiger partial charge < -0.3 is 15.7 Å². The molecule has 3 amide bonds. The van der Waals surface area contributed by atoms with Crippen molar-refractivity contribution in [3.8, 4) is 0 Å². The number of anilines is 3. The predicted octanol–water partition coefficient (Wildman–Crippen LogP) is 7.60. The Morgan fingerprint density at radius 1 is 0.837 bits per heavy atom. The van der Waals surface area contributed by atoms with Gasteiger partial charge in [0, 0.05) is 23.5 Å². The molecule has 0 unspecified atom stereocenters. The minimum absolute atomic E-state index is 0.0119. The number of nitrogens with one attached hydrogen (secondary N) is 3. The summed E-state index contributed by atoms with van der Waals surface area (Å²) in [4.78, 5) is 38.9. The first-order valence-corrected chi connectivity index (χ1v) is 17.9. The van der Waals surface area contributed by atoms with E-state index in [0.717, 1.165) is 24.0 Å². The monoisotopic (exact) mass is 682 g/mol. The maximum Gasteiger partial charge on any atom is 0.326 e. The van der Waals surface area contributed by atoms with Crippen molar-refractivity contribution >= 4 is 45.0 Å². The van der Waals surface area contributed by atoms with Crippen molar-refractivity contribution in [2.45, 2.75) is 69.7 Å². The van der Waals surface area contributed by atoms with E-state index in [-0.39, 0.29) is 30.1 Å². The van der Waals surface area contributed by atoms with Gasteiger partial charge in [0.05, 0.1) is 18.7 Å². The van der Waals surface area contributed by atoms with Gasteiger partial charge in [-0.05, 0) is 103 Å². The lowest BCUT2D eigenvalue weighted by Gasteiger charge is -2.26. The molecule has 1 fully saturated rings. The van der Waals surface area contributed by atoms with E-state index in [1.807, 2.05) is 25.1 Å². The number of carbonyl (C=O) groups is 3. The van der Waals surface area contributed by atoms with Gasteiger partial charge in [0.2, 0.25) is 0 Å². The number of amides is 3. The van der Waals surface area contributed by atoms with Gasteiger partial charge in [-0.2, -0.15) is 0 Å². The number of urea groups is 1. The summed E-state index contributed by atoms with van der Waals surface area (Å²) in [6, 6.07) is 26.0. The fourth-order valence-electron chi connectivity index (χ4n) is 6.03. The molecule has 1 saturated carbocycles. The quantitative estimate of drug-likeness (QED) is 0.121. The number of carboxylic acid groups (broad SMARTS) is 1. The van der Waals surface area contributed by atoms with Gasteiger partial charge >= 0.3 is 12.0 Å².